The number of aromatic nitrogens is 2. The second-order valence-corrected chi connectivity index (χ2v) is 20.6. The van der Waals surface area contributed by atoms with Crippen molar-refractivity contribution in [3.8, 4) is 11.5 Å². The lowest BCUT2D eigenvalue weighted by atomic mass is 9.92. The van der Waals surface area contributed by atoms with Crippen molar-refractivity contribution in [3.05, 3.63) is 54.4 Å². The summed E-state index contributed by atoms with van der Waals surface area (Å²) in [6.45, 7) is 28.1. The maximum absolute atomic E-state index is 12.5. The first kappa shape index (κ1) is 44.5. The summed E-state index contributed by atoms with van der Waals surface area (Å²) in [6.07, 6.45) is 6.36. The fourth-order valence-electron chi connectivity index (χ4n) is 9.69. The van der Waals surface area contributed by atoms with E-state index in [1.807, 2.05) is 83.4 Å². The van der Waals surface area contributed by atoms with Crippen molar-refractivity contribution < 1.29 is 38.1 Å². The lowest BCUT2D eigenvalue weighted by Crippen LogP contribution is -2.63. The van der Waals surface area contributed by atoms with Gasteiger partial charge in [0.1, 0.15) is 48.0 Å². The standard InChI is InChI=1S/C24H31N5O4.C24H29N5O4/c2*1-7-15-10-28(24(6)12-27(13-24)22(31)33-23(3,4)5)17-9-18-19(8-16(15)17)32-11-20-25-26-21(30)14(2)29(18)20/h8-10,14H,7,11-13H2,1-6H3,(H,26,30);7-10,14H,1,11-13H2,2-6H3,(H,26,30)/t2*14-/m11/s1. The molecule has 0 spiro atoms. The van der Waals surface area contributed by atoms with E-state index < -0.39 is 17.2 Å². The highest BCUT2D eigenvalue weighted by molar-refractivity contribution is 6.12. The van der Waals surface area contributed by atoms with Gasteiger partial charge in [0.15, 0.2) is 11.7 Å². The Bertz CT molecular complexity index is 2780. The average molecular weight is 905 g/mol. The first-order valence-corrected chi connectivity index (χ1v) is 22.5. The van der Waals surface area contributed by atoms with Gasteiger partial charge in [0.2, 0.25) is 0 Å². The molecule has 2 N–H and O–H groups in total. The van der Waals surface area contributed by atoms with Crippen molar-refractivity contribution in [1.29, 1.82) is 0 Å². The molecule has 0 aliphatic carbocycles. The Morgan fingerprint density at radius 1 is 0.742 bits per heavy atom. The smallest absolute Gasteiger partial charge is 0.410 e. The third-order valence-corrected chi connectivity index (χ3v) is 13.0. The lowest BCUT2D eigenvalue weighted by Gasteiger charge is -2.49. The van der Waals surface area contributed by atoms with E-state index in [9.17, 15) is 19.2 Å². The van der Waals surface area contributed by atoms with E-state index >= 15 is 0 Å². The molecule has 350 valence electrons. The minimum atomic E-state index is -0.533. The van der Waals surface area contributed by atoms with Gasteiger partial charge in [-0.15, -0.1) is 0 Å². The number of carbonyl (C=O) groups excluding carboxylic acids is 4. The molecule has 0 saturated carbocycles. The van der Waals surface area contributed by atoms with Crippen LogP contribution < -0.4 is 30.1 Å². The second kappa shape index (κ2) is 15.4. The molecule has 0 unspecified atom stereocenters. The number of nitrogens with zero attached hydrogens (tertiary/aromatic N) is 8. The average Bonchev–Trinajstić information content (AvgIpc) is 3.78. The van der Waals surface area contributed by atoms with Gasteiger partial charge in [0.25, 0.3) is 11.8 Å². The van der Waals surface area contributed by atoms with Crippen LogP contribution in [0.15, 0.2) is 53.4 Å². The number of amidine groups is 2. The van der Waals surface area contributed by atoms with Crippen LogP contribution in [0.3, 0.4) is 0 Å². The summed E-state index contributed by atoms with van der Waals surface area (Å²) in [5, 5.41) is 10.5. The Kier molecular flexibility index (Phi) is 10.4. The summed E-state index contributed by atoms with van der Waals surface area (Å²) in [6, 6.07) is 7.43. The fourth-order valence-corrected chi connectivity index (χ4v) is 9.69. The van der Waals surface area contributed by atoms with E-state index in [2.05, 4.69) is 82.1 Å². The zero-order valence-corrected chi connectivity index (χ0v) is 39.7. The molecule has 2 aromatic heterocycles. The molecule has 2 aromatic carbocycles. The van der Waals surface area contributed by atoms with Crippen LogP contribution in [0.1, 0.15) is 87.3 Å². The number of hydrazone groups is 2. The summed E-state index contributed by atoms with van der Waals surface area (Å²) in [5.41, 5.74) is 9.40. The Morgan fingerprint density at radius 3 is 1.59 bits per heavy atom. The van der Waals surface area contributed by atoms with Gasteiger partial charge in [-0.2, -0.15) is 10.2 Å². The zero-order valence-electron chi connectivity index (χ0n) is 39.7. The van der Waals surface area contributed by atoms with Crippen LogP contribution in [-0.4, -0.2) is 117 Å². The molecule has 2 saturated heterocycles. The number of carbonyl (C=O) groups is 4. The van der Waals surface area contributed by atoms with Crippen molar-refractivity contribution in [3.63, 3.8) is 0 Å². The van der Waals surface area contributed by atoms with Crippen LogP contribution in [-0.2, 0) is 36.6 Å². The zero-order chi connectivity index (χ0) is 47.4. The maximum atomic E-state index is 12.5. The number of rotatable bonds is 4. The molecule has 4 aromatic rings. The molecular weight excluding hydrogens is 845 g/mol. The topological polar surface area (TPSA) is 177 Å². The van der Waals surface area contributed by atoms with Gasteiger partial charge in [-0.1, -0.05) is 19.6 Å². The van der Waals surface area contributed by atoms with E-state index in [0.717, 1.165) is 50.9 Å². The van der Waals surface area contributed by atoms with Crippen molar-refractivity contribution in [2.45, 2.75) is 117 Å². The summed E-state index contributed by atoms with van der Waals surface area (Å²) in [5.74, 6) is 2.52. The Morgan fingerprint density at radius 2 is 1.17 bits per heavy atom. The minimum Gasteiger partial charge on any atom is -0.483 e. The molecule has 4 amide bonds. The highest BCUT2D eigenvalue weighted by atomic mass is 16.6. The largest absolute Gasteiger partial charge is 0.483 e. The summed E-state index contributed by atoms with van der Waals surface area (Å²) in [7, 11) is 0. The maximum Gasteiger partial charge on any atom is 0.410 e. The third kappa shape index (κ3) is 7.52. The summed E-state index contributed by atoms with van der Waals surface area (Å²) in [4.78, 5) is 57.0. The van der Waals surface area contributed by atoms with Crippen LogP contribution in [0.25, 0.3) is 27.9 Å². The minimum absolute atomic E-state index is 0.143. The van der Waals surface area contributed by atoms with Gasteiger partial charge >= 0.3 is 12.2 Å². The number of benzene rings is 2. The number of likely N-dealkylation sites (tertiary alicyclic amines) is 2. The predicted octanol–water partition coefficient (Wildman–Crippen LogP) is 6.48. The highest BCUT2D eigenvalue weighted by Gasteiger charge is 2.47. The second-order valence-electron chi connectivity index (χ2n) is 20.6. The number of fused-ring (bicyclic) bond motifs is 8. The molecule has 0 bridgehead atoms. The van der Waals surface area contributed by atoms with Crippen molar-refractivity contribution in [2.24, 2.45) is 10.2 Å². The Balaban J connectivity index is 0.000000166. The molecule has 66 heavy (non-hydrogen) atoms. The van der Waals surface area contributed by atoms with Gasteiger partial charge in [0, 0.05) is 49.3 Å². The Labute approximate surface area is 384 Å². The quantitative estimate of drug-likeness (QED) is 0.231. The van der Waals surface area contributed by atoms with Crippen LogP contribution in [0.5, 0.6) is 11.5 Å². The molecule has 10 rings (SSSR count). The first-order valence-electron chi connectivity index (χ1n) is 22.5. The first-order chi connectivity index (χ1) is 31.0. The molecule has 6 aliphatic rings. The monoisotopic (exact) mass is 904 g/mol. The van der Waals surface area contributed by atoms with Crippen molar-refractivity contribution >= 4 is 74.9 Å². The van der Waals surface area contributed by atoms with Crippen molar-refractivity contribution in [2.75, 3.05) is 49.2 Å². The van der Waals surface area contributed by atoms with E-state index in [-0.39, 0.29) is 47.7 Å². The van der Waals surface area contributed by atoms with Gasteiger partial charge < -0.3 is 47.7 Å². The normalized spacial score (nSPS) is 21.4. The van der Waals surface area contributed by atoms with Crippen LogP contribution in [0, 0.1) is 0 Å². The van der Waals surface area contributed by atoms with Gasteiger partial charge in [0.05, 0.1) is 33.5 Å². The molecule has 18 nitrogen and oxygen atoms in total. The van der Waals surface area contributed by atoms with E-state index in [4.69, 9.17) is 18.9 Å². The SMILES string of the molecule is C=Cc1cn(C2(C)CN(C(=O)OC(C)(C)C)C2)c2cc3c(cc12)OCC1=NNC(=O)[C@@H](C)N13.CCc1cn(C2(C)CN(C(=O)OC(C)(C)C)C2)c2cc3c(cc12)OCC1=NNC(=O)[C@@H](C)N13. The van der Waals surface area contributed by atoms with Gasteiger partial charge in [-0.25, -0.2) is 20.4 Å². The number of nitrogens with one attached hydrogen (secondary N) is 2. The van der Waals surface area contributed by atoms with Gasteiger partial charge in [-0.05, 0) is 111 Å². The number of amides is 4. The number of anilines is 2. The highest BCUT2D eigenvalue weighted by Crippen LogP contribution is 2.45. The predicted molar refractivity (Wildman–Crippen MR) is 252 cm³/mol. The fraction of sp³-hybridized carbons (Fsp3) is 0.500. The number of hydrogen-bond acceptors (Lipinski definition) is 12. The van der Waals surface area contributed by atoms with E-state index in [1.165, 1.54) is 5.56 Å². The summed E-state index contributed by atoms with van der Waals surface area (Å²) >= 11 is 0. The summed E-state index contributed by atoms with van der Waals surface area (Å²) < 4.78 is 27.5. The molecule has 18 heteroatoms. The van der Waals surface area contributed by atoms with E-state index in [0.29, 0.717) is 50.2 Å². The lowest BCUT2D eigenvalue weighted by molar-refractivity contribution is -0.123. The van der Waals surface area contributed by atoms with E-state index in [1.54, 1.807) is 9.80 Å². The molecule has 2 atom stereocenters. The van der Waals surface area contributed by atoms with Gasteiger partial charge in [-0.3, -0.25) is 9.59 Å². The van der Waals surface area contributed by atoms with Crippen LogP contribution >= 0.6 is 0 Å². The molecular formula is C48H60N10O8. The molecule has 0 radical (unpaired) electrons. The number of ether oxygens (including phenoxy) is 4. The number of aryl methyl sites for hydroxylation is 1. The third-order valence-electron chi connectivity index (χ3n) is 13.0. The van der Waals surface area contributed by atoms with Crippen LogP contribution in [0.4, 0.5) is 21.0 Å². The van der Waals surface area contributed by atoms with Crippen LogP contribution in [0.2, 0.25) is 0 Å². The number of hydrogen-bond donors (Lipinski definition) is 2. The molecule has 2 fully saturated rings. The van der Waals surface area contributed by atoms with Crippen molar-refractivity contribution in [1.82, 2.24) is 29.8 Å². The molecule has 6 aliphatic heterocycles. The molecule has 8 heterocycles. The Hall–Kier alpha value is -6.72.